The van der Waals surface area contributed by atoms with Gasteiger partial charge in [-0.1, -0.05) is 45.0 Å². The first kappa shape index (κ1) is 17.5. The van der Waals surface area contributed by atoms with E-state index in [0.717, 1.165) is 23.6 Å². The van der Waals surface area contributed by atoms with Gasteiger partial charge >= 0.3 is 0 Å². The summed E-state index contributed by atoms with van der Waals surface area (Å²) in [4.78, 5) is 4.55. The molecule has 25 heavy (non-hydrogen) atoms. The van der Waals surface area contributed by atoms with Crippen LogP contribution >= 0.6 is 0 Å². The average molecular weight is 336 g/mol. The first-order valence-electron chi connectivity index (χ1n) is 8.84. The van der Waals surface area contributed by atoms with Crippen molar-refractivity contribution in [3.63, 3.8) is 0 Å². The highest BCUT2D eigenvalue weighted by atomic mass is 15.4. The molecular weight excluding hydrogens is 308 g/mol. The van der Waals surface area contributed by atoms with Crippen LogP contribution in [0.5, 0.6) is 0 Å². The van der Waals surface area contributed by atoms with Crippen molar-refractivity contribution in [2.24, 2.45) is 0 Å². The topological polar surface area (TPSA) is 42.7 Å². The number of benzene rings is 1. The first-order chi connectivity index (χ1) is 11.7. The highest BCUT2D eigenvalue weighted by Crippen LogP contribution is 2.28. The third-order valence-corrected chi connectivity index (χ3v) is 4.29. The van der Waals surface area contributed by atoms with Gasteiger partial charge in [-0.25, -0.2) is 4.68 Å². The number of nitrogens with zero attached hydrogens (tertiary/aromatic N) is 3. The Bertz CT molecular complexity index is 874. The van der Waals surface area contributed by atoms with Crippen LogP contribution in [0.2, 0.25) is 0 Å². The van der Waals surface area contributed by atoms with E-state index in [-0.39, 0.29) is 11.0 Å². The van der Waals surface area contributed by atoms with E-state index in [4.69, 9.17) is 5.10 Å². The summed E-state index contributed by atoms with van der Waals surface area (Å²) in [5.41, 5.74) is 3.28. The Morgan fingerprint density at radius 3 is 2.40 bits per heavy atom. The van der Waals surface area contributed by atoms with Gasteiger partial charge in [-0.15, -0.1) is 0 Å². The van der Waals surface area contributed by atoms with Crippen LogP contribution < -0.4 is 5.32 Å². The van der Waals surface area contributed by atoms with Crippen LogP contribution in [-0.2, 0) is 17.5 Å². The Labute approximate surface area is 150 Å². The standard InChI is InChI=1S/C21H28N4/c1-20(2,3)17-13-18(25(24-17)21(4,5)6)23-14-16-10-7-9-15-11-8-12-22-19(15)16/h7-13,23H,14H2,1-6H3. The van der Waals surface area contributed by atoms with Crippen molar-refractivity contribution in [2.75, 3.05) is 5.32 Å². The van der Waals surface area contributed by atoms with Gasteiger partial charge in [0.25, 0.3) is 0 Å². The monoisotopic (exact) mass is 336 g/mol. The molecule has 3 aromatic rings. The highest BCUT2D eigenvalue weighted by Gasteiger charge is 2.24. The molecule has 1 aromatic carbocycles. The molecule has 0 fully saturated rings. The van der Waals surface area contributed by atoms with Crippen molar-refractivity contribution >= 4 is 16.7 Å². The number of nitrogens with one attached hydrogen (secondary N) is 1. The second-order valence-electron chi connectivity index (χ2n) is 8.59. The quantitative estimate of drug-likeness (QED) is 0.724. The van der Waals surface area contributed by atoms with E-state index < -0.39 is 0 Å². The summed E-state index contributed by atoms with van der Waals surface area (Å²) in [6, 6.07) is 12.6. The molecule has 4 nitrogen and oxygen atoms in total. The molecule has 0 radical (unpaired) electrons. The summed E-state index contributed by atoms with van der Waals surface area (Å²) in [6.45, 7) is 13.8. The summed E-state index contributed by atoms with van der Waals surface area (Å²) in [6.07, 6.45) is 1.85. The van der Waals surface area contributed by atoms with E-state index in [1.165, 1.54) is 10.9 Å². The predicted molar refractivity (Wildman–Crippen MR) is 105 cm³/mol. The molecule has 0 bridgehead atoms. The normalized spacial score (nSPS) is 12.6. The van der Waals surface area contributed by atoms with Gasteiger partial charge in [0.15, 0.2) is 0 Å². The maximum absolute atomic E-state index is 4.87. The number of fused-ring (bicyclic) bond motifs is 1. The lowest BCUT2D eigenvalue weighted by Gasteiger charge is -2.23. The third-order valence-electron chi connectivity index (χ3n) is 4.29. The fourth-order valence-corrected chi connectivity index (χ4v) is 2.88. The zero-order chi connectivity index (χ0) is 18.2. The summed E-state index contributed by atoms with van der Waals surface area (Å²) in [5, 5.41) is 9.62. The highest BCUT2D eigenvalue weighted by molar-refractivity contribution is 5.81. The smallest absolute Gasteiger partial charge is 0.125 e. The van der Waals surface area contributed by atoms with Crippen LogP contribution in [0.1, 0.15) is 52.8 Å². The number of para-hydroxylation sites is 1. The molecule has 0 unspecified atom stereocenters. The molecule has 0 aliphatic heterocycles. The minimum Gasteiger partial charge on any atom is -0.366 e. The summed E-state index contributed by atoms with van der Waals surface area (Å²) < 4.78 is 2.09. The number of pyridine rings is 1. The van der Waals surface area contributed by atoms with Gasteiger partial charge in [0.1, 0.15) is 5.82 Å². The lowest BCUT2D eigenvalue weighted by Crippen LogP contribution is -2.26. The molecule has 0 amide bonds. The molecule has 132 valence electrons. The van der Waals surface area contributed by atoms with Crippen LogP contribution in [0, 0.1) is 0 Å². The average Bonchev–Trinajstić information content (AvgIpc) is 2.97. The van der Waals surface area contributed by atoms with E-state index in [1.807, 2.05) is 12.3 Å². The molecule has 1 N–H and O–H groups in total. The molecule has 2 heterocycles. The van der Waals surface area contributed by atoms with Crippen molar-refractivity contribution in [1.82, 2.24) is 14.8 Å². The van der Waals surface area contributed by atoms with Gasteiger partial charge in [-0.05, 0) is 32.4 Å². The van der Waals surface area contributed by atoms with Crippen LogP contribution in [-0.4, -0.2) is 14.8 Å². The molecule has 0 atom stereocenters. The van der Waals surface area contributed by atoms with Gasteiger partial charge in [0, 0.05) is 29.6 Å². The molecule has 0 spiro atoms. The lowest BCUT2D eigenvalue weighted by atomic mass is 9.92. The van der Waals surface area contributed by atoms with E-state index in [1.54, 1.807) is 0 Å². The predicted octanol–water partition coefficient (Wildman–Crippen LogP) is 5.10. The number of rotatable bonds is 3. The first-order valence-corrected chi connectivity index (χ1v) is 8.84. The number of aromatic nitrogens is 3. The van der Waals surface area contributed by atoms with Gasteiger partial charge in [0.05, 0.1) is 16.7 Å². The van der Waals surface area contributed by atoms with Crippen molar-refractivity contribution in [2.45, 2.75) is 59.0 Å². The molecular formula is C21H28N4. The molecule has 0 saturated carbocycles. The maximum atomic E-state index is 4.87. The number of hydrogen-bond donors (Lipinski definition) is 1. The Morgan fingerprint density at radius 1 is 1.00 bits per heavy atom. The third kappa shape index (κ3) is 3.68. The summed E-state index contributed by atoms with van der Waals surface area (Å²) >= 11 is 0. The number of anilines is 1. The van der Waals surface area contributed by atoms with E-state index in [9.17, 15) is 0 Å². The Balaban J connectivity index is 1.93. The van der Waals surface area contributed by atoms with Crippen LogP contribution in [0.15, 0.2) is 42.6 Å². The fourth-order valence-electron chi connectivity index (χ4n) is 2.88. The largest absolute Gasteiger partial charge is 0.366 e. The van der Waals surface area contributed by atoms with Gasteiger partial charge in [-0.2, -0.15) is 5.10 Å². The SMILES string of the molecule is CC(C)(C)c1cc(NCc2cccc3cccnc23)n(C(C)(C)C)n1. The van der Waals surface area contributed by atoms with E-state index >= 15 is 0 Å². The van der Waals surface area contributed by atoms with Gasteiger partial charge in [-0.3, -0.25) is 4.98 Å². The van der Waals surface area contributed by atoms with Crippen molar-refractivity contribution in [3.8, 4) is 0 Å². The van der Waals surface area contributed by atoms with Gasteiger partial charge < -0.3 is 5.32 Å². The van der Waals surface area contributed by atoms with Crippen LogP contribution in [0.25, 0.3) is 10.9 Å². The Hall–Kier alpha value is -2.36. The molecule has 0 aliphatic rings. The van der Waals surface area contributed by atoms with Crippen LogP contribution in [0.4, 0.5) is 5.82 Å². The molecule has 0 aliphatic carbocycles. The maximum Gasteiger partial charge on any atom is 0.125 e. The van der Waals surface area contributed by atoms with E-state index in [2.05, 4.69) is 86.9 Å². The Morgan fingerprint density at radius 2 is 1.72 bits per heavy atom. The van der Waals surface area contributed by atoms with Gasteiger partial charge in [0.2, 0.25) is 0 Å². The van der Waals surface area contributed by atoms with Crippen molar-refractivity contribution in [1.29, 1.82) is 0 Å². The molecule has 3 rings (SSSR count). The summed E-state index contributed by atoms with van der Waals surface area (Å²) in [7, 11) is 0. The van der Waals surface area contributed by atoms with E-state index in [0.29, 0.717) is 0 Å². The van der Waals surface area contributed by atoms with Crippen molar-refractivity contribution < 1.29 is 0 Å². The second kappa shape index (κ2) is 6.17. The summed E-state index contributed by atoms with van der Waals surface area (Å²) in [5.74, 6) is 1.05. The van der Waals surface area contributed by atoms with Crippen LogP contribution in [0.3, 0.4) is 0 Å². The zero-order valence-electron chi connectivity index (χ0n) is 16.1. The lowest BCUT2D eigenvalue weighted by molar-refractivity contribution is 0.352. The second-order valence-corrected chi connectivity index (χ2v) is 8.59. The minimum absolute atomic E-state index is 0.0218. The fraction of sp³-hybridized carbons (Fsp3) is 0.429. The zero-order valence-corrected chi connectivity index (χ0v) is 16.1. The molecule has 0 saturated heterocycles. The Kier molecular flexibility index (Phi) is 4.31. The number of hydrogen-bond acceptors (Lipinski definition) is 3. The molecule has 4 heteroatoms. The van der Waals surface area contributed by atoms with Crippen molar-refractivity contribution in [3.05, 3.63) is 53.9 Å². The minimum atomic E-state index is -0.0805. The molecule has 2 aromatic heterocycles.